The summed E-state index contributed by atoms with van der Waals surface area (Å²) >= 11 is 0. The van der Waals surface area contributed by atoms with E-state index < -0.39 is 5.60 Å². The Morgan fingerprint density at radius 1 is 1.24 bits per heavy atom. The van der Waals surface area contributed by atoms with Crippen LogP contribution in [0, 0.1) is 5.92 Å². The van der Waals surface area contributed by atoms with E-state index in [0.29, 0.717) is 56.0 Å². The van der Waals surface area contributed by atoms with E-state index in [1.165, 1.54) is 13.3 Å². The largest absolute Gasteiger partial charge is 0.389 e. The number of hydrogen-bond donors (Lipinski definition) is 3. The van der Waals surface area contributed by atoms with E-state index in [4.69, 9.17) is 0 Å². The van der Waals surface area contributed by atoms with Crippen molar-refractivity contribution in [3.63, 3.8) is 0 Å². The number of hydrogen-bond acceptors (Lipinski definition) is 6. The number of H-pyrrole nitrogens is 1. The normalized spacial score (nSPS) is 15.5. The molecule has 0 bridgehead atoms. The summed E-state index contributed by atoms with van der Waals surface area (Å²) in [6, 6.07) is 9.37. The van der Waals surface area contributed by atoms with Gasteiger partial charge >= 0.3 is 0 Å². The summed E-state index contributed by atoms with van der Waals surface area (Å²) in [7, 11) is 0. The zero-order valence-electron chi connectivity index (χ0n) is 19.9. The van der Waals surface area contributed by atoms with Gasteiger partial charge in [0.1, 0.15) is 17.8 Å². The van der Waals surface area contributed by atoms with Gasteiger partial charge in [0, 0.05) is 50.6 Å². The van der Waals surface area contributed by atoms with Gasteiger partial charge in [-0.2, -0.15) is 0 Å². The van der Waals surface area contributed by atoms with Crippen molar-refractivity contribution in [1.82, 2.24) is 25.2 Å². The molecule has 1 aliphatic heterocycles. The molecule has 1 aliphatic rings. The van der Waals surface area contributed by atoms with Gasteiger partial charge in [-0.3, -0.25) is 9.59 Å². The molecule has 1 fully saturated rings. The highest BCUT2D eigenvalue weighted by atomic mass is 16.3. The second kappa shape index (κ2) is 9.80. The molecule has 0 spiro atoms. The van der Waals surface area contributed by atoms with Crippen molar-refractivity contribution in [2.45, 2.75) is 39.2 Å². The number of likely N-dealkylation sites (tertiary alicyclic amines) is 1. The van der Waals surface area contributed by atoms with E-state index in [9.17, 15) is 14.7 Å². The number of nitrogens with zero attached hydrogens (tertiary/aromatic N) is 4. The molecule has 1 aromatic carbocycles. The molecule has 2 amide bonds. The summed E-state index contributed by atoms with van der Waals surface area (Å²) in [5.41, 5.74) is 1.38. The van der Waals surface area contributed by atoms with E-state index in [1.807, 2.05) is 60.2 Å². The van der Waals surface area contributed by atoms with Crippen molar-refractivity contribution in [1.29, 1.82) is 0 Å². The van der Waals surface area contributed by atoms with Crippen LogP contribution in [0.15, 0.2) is 42.9 Å². The highest BCUT2D eigenvalue weighted by molar-refractivity contribution is 5.96. The summed E-state index contributed by atoms with van der Waals surface area (Å²) in [5, 5.41) is 14.4. The lowest BCUT2D eigenvalue weighted by molar-refractivity contribution is -0.118. The predicted molar refractivity (Wildman–Crippen MR) is 131 cm³/mol. The Labute approximate surface area is 199 Å². The molecular formula is C25H32N6O3. The molecule has 0 radical (unpaired) electrons. The van der Waals surface area contributed by atoms with Crippen LogP contribution in [0.4, 0.5) is 11.5 Å². The van der Waals surface area contributed by atoms with Gasteiger partial charge in [-0.1, -0.05) is 19.9 Å². The molecule has 3 N–H and O–H groups in total. The second-order valence-electron chi connectivity index (χ2n) is 9.17. The molecule has 2 aromatic heterocycles. The maximum absolute atomic E-state index is 13.3. The molecule has 0 aliphatic carbocycles. The van der Waals surface area contributed by atoms with Crippen LogP contribution < -0.4 is 10.2 Å². The minimum atomic E-state index is -0.714. The fraction of sp³-hybridized carbons (Fsp3) is 0.440. The lowest BCUT2D eigenvalue weighted by atomic mass is 9.81. The molecule has 34 heavy (non-hydrogen) atoms. The smallest absolute Gasteiger partial charge is 0.253 e. The van der Waals surface area contributed by atoms with Crippen LogP contribution in [0.25, 0.3) is 11.0 Å². The minimum Gasteiger partial charge on any atom is -0.389 e. The number of anilines is 2. The fourth-order valence-corrected chi connectivity index (χ4v) is 4.44. The fourth-order valence-electron chi connectivity index (χ4n) is 4.44. The number of carbonyl (C=O) groups excluding carboxylic acids is 2. The first-order valence-corrected chi connectivity index (χ1v) is 11.7. The first-order chi connectivity index (χ1) is 16.3. The Kier molecular flexibility index (Phi) is 6.83. The summed E-state index contributed by atoms with van der Waals surface area (Å²) in [5.74, 6) is 0.693. The number of aromatic nitrogens is 3. The van der Waals surface area contributed by atoms with Crippen molar-refractivity contribution in [3.8, 4) is 0 Å². The third-order valence-electron chi connectivity index (χ3n) is 6.69. The lowest BCUT2D eigenvalue weighted by Crippen LogP contribution is -2.49. The molecule has 4 rings (SSSR count). The van der Waals surface area contributed by atoms with Crippen LogP contribution in [0.5, 0.6) is 0 Å². The van der Waals surface area contributed by atoms with Crippen LogP contribution >= 0.6 is 0 Å². The van der Waals surface area contributed by atoms with E-state index >= 15 is 0 Å². The third-order valence-corrected chi connectivity index (χ3v) is 6.69. The molecule has 180 valence electrons. The first kappa shape index (κ1) is 23.7. The summed E-state index contributed by atoms with van der Waals surface area (Å²) in [6.45, 7) is 7.47. The topological polar surface area (TPSA) is 114 Å². The minimum absolute atomic E-state index is 0.0519. The van der Waals surface area contributed by atoms with Crippen LogP contribution in [0.2, 0.25) is 0 Å². The molecule has 9 nitrogen and oxygen atoms in total. The summed E-state index contributed by atoms with van der Waals surface area (Å²) in [4.78, 5) is 40.4. The number of benzene rings is 1. The highest BCUT2D eigenvalue weighted by Crippen LogP contribution is 2.32. The van der Waals surface area contributed by atoms with E-state index in [1.54, 1.807) is 0 Å². The Morgan fingerprint density at radius 2 is 2.00 bits per heavy atom. The van der Waals surface area contributed by atoms with E-state index in [0.717, 1.165) is 11.1 Å². The number of piperidine rings is 1. The molecule has 9 heteroatoms. The number of aromatic amines is 1. The molecule has 1 saturated heterocycles. The number of carbonyl (C=O) groups is 2. The van der Waals surface area contributed by atoms with Crippen molar-refractivity contribution in [2.75, 3.05) is 31.1 Å². The lowest BCUT2D eigenvalue weighted by Gasteiger charge is -2.40. The number of fused-ring (bicyclic) bond motifs is 1. The number of rotatable bonds is 7. The van der Waals surface area contributed by atoms with Gasteiger partial charge in [-0.25, -0.2) is 9.97 Å². The first-order valence-electron chi connectivity index (χ1n) is 11.7. The van der Waals surface area contributed by atoms with E-state index in [-0.39, 0.29) is 17.7 Å². The van der Waals surface area contributed by atoms with Crippen LogP contribution in [0.1, 0.15) is 44.0 Å². The molecule has 0 atom stereocenters. The van der Waals surface area contributed by atoms with Crippen molar-refractivity contribution < 1.29 is 14.7 Å². The Balaban J connectivity index is 1.60. The van der Waals surface area contributed by atoms with Crippen LogP contribution in [-0.4, -0.2) is 68.6 Å². The average molecular weight is 465 g/mol. The quantitative estimate of drug-likeness (QED) is 0.495. The summed E-state index contributed by atoms with van der Waals surface area (Å²) in [6.07, 6.45) is 4.46. The Morgan fingerprint density at radius 3 is 2.71 bits per heavy atom. The molecule has 0 saturated carbocycles. The monoisotopic (exact) mass is 464 g/mol. The van der Waals surface area contributed by atoms with Gasteiger partial charge in [0.15, 0.2) is 0 Å². The van der Waals surface area contributed by atoms with Gasteiger partial charge in [0.05, 0.1) is 11.0 Å². The standard InChI is InChI=1S/C25H32N6O3/c1-17(2)25(34)8-12-30(13-9-25)24(33)19-5-4-6-20(15-19)31(14-11-26-18(3)32)23-21-7-10-27-22(21)28-16-29-23/h4-7,10,15-17,34H,8-9,11-14H2,1-3H3,(H,26,32)(H,27,28,29). The molecule has 3 aromatic rings. The SMILES string of the molecule is CC(=O)NCCN(c1cccc(C(=O)N2CCC(O)(C(C)C)CC2)c1)c1ncnc2[nH]ccc12. The summed E-state index contributed by atoms with van der Waals surface area (Å²) < 4.78 is 0. The zero-order chi connectivity index (χ0) is 24.3. The number of aliphatic hydroxyl groups is 1. The third kappa shape index (κ3) is 4.89. The predicted octanol–water partition coefficient (Wildman–Crippen LogP) is 2.86. The van der Waals surface area contributed by atoms with Crippen molar-refractivity contribution in [3.05, 3.63) is 48.4 Å². The number of nitrogens with one attached hydrogen (secondary N) is 2. The maximum Gasteiger partial charge on any atom is 0.253 e. The maximum atomic E-state index is 13.3. The second-order valence-corrected chi connectivity index (χ2v) is 9.17. The van der Waals surface area contributed by atoms with E-state index in [2.05, 4.69) is 20.3 Å². The zero-order valence-corrected chi connectivity index (χ0v) is 19.9. The van der Waals surface area contributed by atoms with Crippen LogP contribution in [0.3, 0.4) is 0 Å². The Hall–Kier alpha value is -3.46. The Bertz CT molecular complexity index is 1170. The number of amides is 2. The van der Waals surface area contributed by atoms with Crippen molar-refractivity contribution in [2.24, 2.45) is 5.92 Å². The van der Waals surface area contributed by atoms with Crippen molar-refractivity contribution >= 4 is 34.4 Å². The van der Waals surface area contributed by atoms with Crippen LogP contribution in [-0.2, 0) is 4.79 Å². The van der Waals surface area contributed by atoms with Gasteiger partial charge in [0.2, 0.25) is 5.91 Å². The van der Waals surface area contributed by atoms with Gasteiger partial charge in [0.25, 0.3) is 5.91 Å². The van der Waals surface area contributed by atoms with Gasteiger partial charge in [-0.15, -0.1) is 0 Å². The molecule has 0 unspecified atom stereocenters. The average Bonchev–Trinajstić information content (AvgIpc) is 3.31. The van der Waals surface area contributed by atoms with Gasteiger partial charge in [-0.05, 0) is 43.0 Å². The highest BCUT2D eigenvalue weighted by Gasteiger charge is 2.36. The van der Waals surface area contributed by atoms with Gasteiger partial charge < -0.3 is 25.2 Å². The molecule has 3 heterocycles. The molecular weight excluding hydrogens is 432 g/mol.